The molecule has 20 heavy (non-hydrogen) atoms. The molecule has 0 aromatic heterocycles. The molecule has 1 atom stereocenters. The summed E-state index contributed by atoms with van der Waals surface area (Å²) in [4.78, 5) is 0. The van der Waals surface area contributed by atoms with Crippen LogP contribution in [0.4, 0.5) is 0 Å². The van der Waals surface area contributed by atoms with Gasteiger partial charge < -0.3 is 15.2 Å². The molecule has 0 spiro atoms. The van der Waals surface area contributed by atoms with Gasteiger partial charge >= 0.3 is 0 Å². The van der Waals surface area contributed by atoms with Crippen LogP contribution >= 0.6 is 0 Å². The van der Waals surface area contributed by atoms with Crippen LogP contribution in [0, 0.1) is 0 Å². The SMILES string of the molecule is CCCCCCCCOCC(O)CNC1CCCCC1. The van der Waals surface area contributed by atoms with Crippen molar-refractivity contribution in [2.75, 3.05) is 19.8 Å². The molecule has 2 N–H and O–H groups in total. The van der Waals surface area contributed by atoms with Crippen LogP contribution in [-0.2, 0) is 4.74 Å². The van der Waals surface area contributed by atoms with Crippen LogP contribution in [0.3, 0.4) is 0 Å². The molecule has 120 valence electrons. The lowest BCUT2D eigenvalue weighted by Gasteiger charge is -2.24. The van der Waals surface area contributed by atoms with Gasteiger partial charge in [0.15, 0.2) is 0 Å². The monoisotopic (exact) mass is 285 g/mol. The van der Waals surface area contributed by atoms with Crippen LogP contribution in [-0.4, -0.2) is 37.0 Å². The van der Waals surface area contributed by atoms with Crippen LogP contribution in [0.1, 0.15) is 77.6 Å². The van der Waals surface area contributed by atoms with Crippen LogP contribution < -0.4 is 5.32 Å². The summed E-state index contributed by atoms with van der Waals surface area (Å²) in [5.74, 6) is 0. The normalized spacial score (nSPS) is 18.3. The number of unbranched alkanes of at least 4 members (excludes halogenated alkanes) is 5. The van der Waals surface area contributed by atoms with Crippen molar-refractivity contribution < 1.29 is 9.84 Å². The van der Waals surface area contributed by atoms with E-state index in [1.54, 1.807) is 0 Å². The average molecular weight is 285 g/mol. The van der Waals surface area contributed by atoms with Crippen LogP contribution in [0.2, 0.25) is 0 Å². The first-order chi connectivity index (χ1) is 9.83. The summed E-state index contributed by atoms with van der Waals surface area (Å²) in [5, 5.41) is 13.3. The van der Waals surface area contributed by atoms with E-state index in [1.165, 1.54) is 64.2 Å². The molecule has 3 nitrogen and oxygen atoms in total. The smallest absolute Gasteiger partial charge is 0.0897 e. The minimum atomic E-state index is -0.350. The summed E-state index contributed by atoms with van der Waals surface area (Å²) in [6.07, 6.45) is 14.0. The fourth-order valence-corrected chi connectivity index (χ4v) is 2.87. The van der Waals surface area contributed by atoms with E-state index in [9.17, 15) is 5.11 Å². The number of rotatable bonds is 12. The van der Waals surface area contributed by atoms with Gasteiger partial charge in [-0.25, -0.2) is 0 Å². The maximum Gasteiger partial charge on any atom is 0.0897 e. The van der Waals surface area contributed by atoms with Crippen molar-refractivity contribution in [3.05, 3.63) is 0 Å². The van der Waals surface area contributed by atoms with E-state index >= 15 is 0 Å². The molecular weight excluding hydrogens is 250 g/mol. The van der Waals surface area contributed by atoms with E-state index < -0.39 is 0 Å². The molecule has 0 aromatic rings. The number of hydrogen-bond acceptors (Lipinski definition) is 3. The summed E-state index contributed by atoms with van der Waals surface area (Å²) in [7, 11) is 0. The lowest BCUT2D eigenvalue weighted by molar-refractivity contribution is 0.0335. The third-order valence-electron chi connectivity index (χ3n) is 4.20. The van der Waals surface area contributed by atoms with Gasteiger partial charge in [0, 0.05) is 19.2 Å². The highest BCUT2D eigenvalue weighted by Crippen LogP contribution is 2.17. The van der Waals surface area contributed by atoms with Crippen molar-refractivity contribution in [1.29, 1.82) is 0 Å². The maximum absolute atomic E-state index is 9.86. The van der Waals surface area contributed by atoms with E-state index in [0.29, 0.717) is 19.2 Å². The Morgan fingerprint density at radius 3 is 2.50 bits per heavy atom. The highest BCUT2D eigenvalue weighted by atomic mass is 16.5. The summed E-state index contributed by atoms with van der Waals surface area (Å²) in [6, 6.07) is 0.622. The number of aliphatic hydroxyl groups is 1. The number of nitrogens with one attached hydrogen (secondary N) is 1. The highest BCUT2D eigenvalue weighted by molar-refractivity contribution is 4.73. The van der Waals surface area contributed by atoms with Gasteiger partial charge in [-0.3, -0.25) is 0 Å². The van der Waals surface area contributed by atoms with Crippen molar-refractivity contribution in [1.82, 2.24) is 5.32 Å². The molecule has 1 unspecified atom stereocenters. The zero-order chi connectivity index (χ0) is 14.5. The molecule has 3 heteroatoms. The van der Waals surface area contributed by atoms with Gasteiger partial charge in [-0.15, -0.1) is 0 Å². The molecule has 0 bridgehead atoms. The average Bonchev–Trinajstić information content (AvgIpc) is 2.49. The van der Waals surface area contributed by atoms with E-state index in [4.69, 9.17) is 4.74 Å². The fraction of sp³-hybridized carbons (Fsp3) is 1.00. The second-order valence-corrected chi connectivity index (χ2v) is 6.24. The number of aliphatic hydroxyl groups excluding tert-OH is 1. The Labute approximate surface area is 125 Å². The molecule has 1 fully saturated rings. The van der Waals surface area contributed by atoms with Gasteiger partial charge in [0.2, 0.25) is 0 Å². The third-order valence-corrected chi connectivity index (χ3v) is 4.20. The molecule has 0 aromatic carbocycles. The minimum Gasteiger partial charge on any atom is -0.389 e. The molecular formula is C17H35NO2. The summed E-state index contributed by atoms with van der Waals surface area (Å²) in [5.41, 5.74) is 0. The standard InChI is InChI=1S/C17H35NO2/c1-2-3-4-5-6-10-13-20-15-17(19)14-18-16-11-8-7-9-12-16/h16-19H,2-15H2,1H3. The van der Waals surface area contributed by atoms with Gasteiger partial charge in [0.25, 0.3) is 0 Å². The van der Waals surface area contributed by atoms with Gasteiger partial charge in [0.05, 0.1) is 12.7 Å². The summed E-state index contributed by atoms with van der Waals surface area (Å²) >= 11 is 0. The first-order valence-corrected chi connectivity index (χ1v) is 8.82. The van der Waals surface area contributed by atoms with Crippen LogP contribution in [0.15, 0.2) is 0 Å². The zero-order valence-corrected chi connectivity index (χ0v) is 13.4. The van der Waals surface area contributed by atoms with Crippen molar-refractivity contribution in [3.63, 3.8) is 0 Å². The minimum absolute atomic E-state index is 0.350. The molecule has 0 saturated heterocycles. The van der Waals surface area contributed by atoms with E-state index in [-0.39, 0.29) is 6.10 Å². The Hall–Kier alpha value is -0.120. The molecule has 0 aliphatic heterocycles. The lowest BCUT2D eigenvalue weighted by Crippen LogP contribution is -2.38. The fourth-order valence-electron chi connectivity index (χ4n) is 2.87. The Balaban J connectivity index is 1.83. The highest BCUT2D eigenvalue weighted by Gasteiger charge is 2.14. The van der Waals surface area contributed by atoms with Gasteiger partial charge in [-0.1, -0.05) is 58.3 Å². The largest absolute Gasteiger partial charge is 0.389 e. The van der Waals surface area contributed by atoms with Gasteiger partial charge in [-0.05, 0) is 19.3 Å². The lowest BCUT2D eigenvalue weighted by atomic mass is 9.95. The third kappa shape index (κ3) is 9.73. The van der Waals surface area contributed by atoms with Gasteiger partial charge in [-0.2, -0.15) is 0 Å². The van der Waals surface area contributed by atoms with Gasteiger partial charge in [0.1, 0.15) is 0 Å². The van der Waals surface area contributed by atoms with E-state index in [0.717, 1.165) is 13.0 Å². The first-order valence-electron chi connectivity index (χ1n) is 8.82. The first kappa shape index (κ1) is 17.9. The van der Waals surface area contributed by atoms with Crippen molar-refractivity contribution in [2.45, 2.75) is 89.7 Å². The molecule has 1 rings (SSSR count). The Bertz CT molecular complexity index is 205. The Kier molecular flexibility index (Phi) is 11.3. The Morgan fingerprint density at radius 1 is 1.05 bits per heavy atom. The van der Waals surface area contributed by atoms with Crippen molar-refractivity contribution >= 4 is 0 Å². The predicted octanol–water partition coefficient (Wildman–Crippen LogP) is 3.65. The summed E-state index contributed by atoms with van der Waals surface area (Å²) in [6.45, 7) is 4.20. The van der Waals surface area contributed by atoms with Crippen LogP contribution in [0.5, 0.6) is 0 Å². The molecule has 1 aliphatic rings. The van der Waals surface area contributed by atoms with Crippen molar-refractivity contribution in [3.8, 4) is 0 Å². The molecule has 0 radical (unpaired) electrons. The maximum atomic E-state index is 9.86. The second-order valence-electron chi connectivity index (χ2n) is 6.24. The number of ether oxygens (including phenoxy) is 1. The molecule has 1 saturated carbocycles. The molecule has 0 heterocycles. The zero-order valence-electron chi connectivity index (χ0n) is 13.4. The second kappa shape index (κ2) is 12.6. The molecule has 0 amide bonds. The van der Waals surface area contributed by atoms with Crippen molar-refractivity contribution in [2.24, 2.45) is 0 Å². The number of hydrogen-bond donors (Lipinski definition) is 2. The predicted molar refractivity (Wildman–Crippen MR) is 85.1 cm³/mol. The quantitative estimate of drug-likeness (QED) is 0.538. The Morgan fingerprint density at radius 2 is 1.75 bits per heavy atom. The molecule has 1 aliphatic carbocycles. The topological polar surface area (TPSA) is 41.5 Å². The van der Waals surface area contributed by atoms with E-state index in [2.05, 4.69) is 12.2 Å². The van der Waals surface area contributed by atoms with Crippen LogP contribution in [0.25, 0.3) is 0 Å². The van der Waals surface area contributed by atoms with E-state index in [1.807, 2.05) is 0 Å². The summed E-state index contributed by atoms with van der Waals surface area (Å²) < 4.78 is 5.55.